The first-order chi connectivity index (χ1) is 14.6. The van der Waals surface area contributed by atoms with Gasteiger partial charge in [0.15, 0.2) is 5.13 Å². The molecule has 7 nitrogen and oxygen atoms in total. The molecule has 1 saturated heterocycles. The van der Waals surface area contributed by atoms with Crippen LogP contribution in [0.2, 0.25) is 0 Å². The number of carbonyl (C=O) groups is 1. The van der Waals surface area contributed by atoms with Crippen LogP contribution in [-0.2, 0) is 4.74 Å². The van der Waals surface area contributed by atoms with Crippen LogP contribution in [0.4, 0.5) is 10.8 Å². The second kappa shape index (κ2) is 7.62. The maximum Gasteiger partial charge on any atom is 0.255 e. The third-order valence-corrected chi connectivity index (χ3v) is 6.33. The molecule has 30 heavy (non-hydrogen) atoms. The maximum absolute atomic E-state index is 12.8. The number of nitrogens with one attached hydrogen (secondary N) is 1. The van der Waals surface area contributed by atoms with Crippen LogP contribution < -0.4 is 10.2 Å². The van der Waals surface area contributed by atoms with Crippen molar-refractivity contribution >= 4 is 49.3 Å². The summed E-state index contributed by atoms with van der Waals surface area (Å²) in [5.41, 5.74) is 5.51. The van der Waals surface area contributed by atoms with E-state index in [2.05, 4.69) is 20.2 Å². The van der Waals surface area contributed by atoms with Crippen LogP contribution >= 0.6 is 11.3 Å². The number of ether oxygens (including phenoxy) is 1. The van der Waals surface area contributed by atoms with Gasteiger partial charge >= 0.3 is 0 Å². The average Bonchev–Trinajstić information content (AvgIpc) is 3.18. The molecule has 4 aromatic rings. The Morgan fingerprint density at radius 1 is 0.967 bits per heavy atom. The van der Waals surface area contributed by atoms with Gasteiger partial charge in [0.1, 0.15) is 0 Å². The molecule has 2 aromatic carbocycles. The summed E-state index contributed by atoms with van der Waals surface area (Å²) >= 11 is 1.64. The van der Waals surface area contributed by atoms with Crippen molar-refractivity contribution < 1.29 is 9.53 Å². The first-order valence-corrected chi connectivity index (χ1v) is 10.7. The van der Waals surface area contributed by atoms with Crippen molar-refractivity contribution in [2.45, 2.75) is 13.8 Å². The largest absolute Gasteiger partial charge is 0.378 e. The van der Waals surface area contributed by atoms with Gasteiger partial charge in [-0.05, 0) is 50.2 Å². The lowest BCUT2D eigenvalue weighted by molar-refractivity contribution is 0.102. The molecule has 0 atom stereocenters. The van der Waals surface area contributed by atoms with Crippen molar-refractivity contribution in [3.8, 4) is 0 Å². The van der Waals surface area contributed by atoms with E-state index in [0.717, 1.165) is 69.8 Å². The Morgan fingerprint density at radius 3 is 2.50 bits per heavy atom. The molecule has 1 amide bonds. The fraction of sp³-hybridized carbons (Fsp3) is 0.273. The molecule has 5 rings (SSSR count). The predicted octanol–water partition coefficient (Wildman–Crippen LogP) is 3.95. The van der Waals surface area contributed by atoms with E-state index in [-0.39, 0.29) is 5.91 Å². The van der Waals surface area contributed by atoms with Gasteiger partial charge in [-0.3, -0.25) is 4.79 Å². The van der Waals surface area contributed by atoms with Gasteiger partial charge in [0.2, 0.25) is 0 Å². The number of hydrogen-bond donors (Lipinski definition) is 1. The Kier molecular flexibility index (Phi) is 4.80. The van der Waals surface area contributed by atoms with Gasteiger partial charge in [-0.2, -0.15) is 0 Å². The van der Waals surface area contributed by atoms with Crippen molar-refractivity contribution in [2.75, 3.05) is 36.5 Å². The third kappa shape index (κ3) is 3.59. The number of rotatable bonds is 3. The summed E-state index contributed by atoms with van der Waals surface area (Å²) in [7, 11) is 0. The van der Waals surface area contributed by atoms with Crippen LogP contribution in [-0.4, -0.2) is 47.2 Å². The first kappa shape index (κ1) is 18.9. The lowest BCUT2D eigenvalue weighted by atomic mass is 10.1. The van der Waals surface area contributed by atoms with Crippen LogP contribution in [0.25, 0.3) is 21.3 Å². The zero-order chi connectivity index (χ0) is 20.7. The Hall–Kier alpha value is -3.10. The van der Waals surface area contributed by atoms with E-state index in [0.29, 0.717) is 5.56 Å². The van der Waals surface area contributed by atoms with Crippen molar-refractivity contribution in [1.29, 1.82) is 0 Å². The van der Waals surface area contributed by atoms with E-state index < -0.39 is 0 Å². The van der Waals surface area contributed by atoms with Gasteiger partial charge in [-0.15, -0.1) is 0 Å². The molecule has 1 fully saturated rings. The molecule has 8 heteroatoms. The van der Waals surface area contributed by atoms with Gasteiger partial charge in [0, 0.05) is 24.3 Å². The summed E-state index contributed by atoms with van der Waals surface area (Å²) in [6.07, 6.45) is 0. The smallest absolute Gasteiger partial charge is 0.255 e. The number of amides is 1. The number of fused-ring (bicyclic) bond motifs is 2. The van der Waals surface area contributed by atoms with Crippen LogP contribution in [0, 0.1) is 13.8 Å². The summed E-state index contributed by atoms with van der Waals surface area (Å²) in [4.78, 5) is 28.8. The summed E-state index contributed by atoms with van der Waals surface area (Å²) in [5, 5.41) is 3.98. The topological polar surface area (TPSA) is 80.2 Å². The molecule has 0 unspecified atom stereocenters. The van der Waals surface area contributed by atoms with Gasteiger partial charge in [0.25, 0.3) is 5.91 Å². The highest BCUT2D eigenvalue weighted by Gasteiger charge is 2.16. The molecule has 0 aliphatic carbocycles. The van der Waals surface area contributed by atoms with Crippen LogP contribution in [0.15, 0.2) is 36.4 Å². The fourth-order valence-electron chi connectivity index (χ4n) is 3.46. The highest BCUT2D eigenvalue weighted by atomic mass is 32.1. The summed E-state index contributed by atoms with van der Waals surface area (Å²) < 4.78 is 6.46. The minimum Gasteiger partial charge on any atom is -0.378 e. The molecule has 0 saturated carbocycles. The predicted molar refractivity (Wildman–Crippen MR) is 120 cm³/mol. The number of aromatic nitrogens is 3. The molecule has 0 radical (unpaired) electrons. The van der Waals surface area contributed by atoms with Crippen molar-refractivity contribution in [3.05, 3.63) is 53.3 Å². The fourth-order valence-corrected chi connectivity index (χ4v) is 4.51. The summed E-state index contributed by atoms with van der Waals surface area (Å²) in [6.45, 7) is 7.02. The van der Waals surface area contributed by atoms with E-state index in [4.69, 9.17) is 9.72 Å². The standard InChI is InChI=1S/C22H21N5O2S/c1-13-14(2)24-19-11-15(3-5-17(19)23-13)21(28)25-16-4-6-18-20(12-16)30-22(26-18)27-7-9-29-10-8-27/h3-6,11-12H,7-10H2,1-2H3,(H,25,28). The number of benzene rings is 2. The van der Waals surface area contributed by atoms with Crippen molar-refractivity contribution in [3.63, 3.8) is 0 Å². The molecule has 1 aliphatic rings. The molecule has 152 valence electrons. The third-order valence-electron chi connectivity index (χ3n) is 5.25. The van der Waals surface area contributed by atoms with E-state index in [1.807, 2.05) is 38.1 Å². The maximum atomic E-state index is 12.8. The normalized spacial score (nSPS) is 14.4. The van der Waals surface area contributed by atoms with Crippen LogP contribution in [0.3, 0.4) is 0 Å². The molecule has 1 N–H and O–H groups in total. The average molecular weight is 420 g/mol. The molecule has 0 spiro atoms. The number of aryl methyl sites for hydroxylation is 2. The summed E-state index contributed by atoms with van der Waals surface area (Å²) in [5.74, 6) is -0.172. The second-order valence-electron chi connectivity index (χ2n) is 7.33. The molecular formula is C22H21N5O2S. The SMILES string of the molecule is Cc1nc2ccc(C(=O)Nc3ccc4nc(N5CCOCC5)sc4c3)cc2nc1C. The Labute approximate surface area is 177 Å². The monoisotopic (exact) mass is 419 g/mol. The van der Waals surface area contributed by atoms with Crippen molar-refractivity contribution in [1.82, 2.24) is 15.0 Å². The highest BCUT2D eigenvalue weighted by molar-refractivity contribution is 7.22. The highest BCUT2D eigenvalue weighted by Crippen LogP contribution is 2.31. The quantitative estimate of drug-likeness (QED) is 0.542. The number of anilines is 2. The minimum atomic E-state index is -0.172. The van der Waals surface area contributed by atoms with E-state index in [9.17, 15) is 4.79 Å². The van der Waals surface area contributed by atoms with E-state index in [1.54, 1.807) is 23.5 Å². The summed E-state index contributed by atoms with van der Waals surface area (Å²) in [6, 6.07) is 11.2. The van der Waals surface area contributed by atoms with Gasteiger partial charge < -0.3 is 15.0 Å². The first-order valence-electron chi connectivity index (χ1n) is 9.86. The van der Waals surface area contributed by atoms with Crippen LogP contribution in [0.1, 0.15) is 21.7 Å². The number of carbonyl (C=O) groups excluding carboxylic acids is 1. The molecule has 0 bridgehead atoms. The number of nitrogens with zero attached hydrogens (tertiary/aromatic N) is 4. The van der Waals surface area contributed by atoms with Gasteiger partial charge in [0.05, 0.1) is 45.9 Å². The van der Waals surface area contributed by atoms with Gasteiger partial charge in [-0.1, -0.05) is 11.3 Å². The second-order valence-corrected chi connectivity index (χ2v) is 8.34. The Bertz CT molecular complexity index is 1260. The lowest BCUT2D eigenvalue weighted by Crippen LogP contribution is -2.36. The van der Waals surface area contributed by atoms with Crippen LogP contribution in [0.5, 0.6) is 0 Å². The van der Waals surface area contributed by atoms with Crippen molar-refractivity contribution in [2.24, 2.45) is 0 Å². The van der Waals surface area contributed by atoms with Gasteiger partial charge in [-0.25, -0.2) is 15.0 Å². The van der Waals surface area contributed by atoms with E-state index >= 15 is 0 Å². The Morgan fingerprint density at radius 2 is 1.70 bits per heavy atom. The number of morpholine rings is 1. The zero-order valence-electron chi connectivity index (χ0n) is 16.8. The molecule has 1 aliphatic heterocycles. The molecule has 3 heterocycles. The molecule has 2 aromatic heterocycles. The Balaban J connectivity index is 1.38. The number of hydrogen-bond acceptors (Lipinski definition) is 7. The van der Waals surface area contributed by atoms with E-state index in [1.165, 1.54) is 0 Å². The number of thiazole rings is 1. The zero-order valence-corrected chi connectivity index (χ0v) is 17.6. The minimum absolute atomic E-state index is 0.172. The lowest BCUT2D eigenvalue weighted by Gasteiger charge is -2.25. The molecular weight excluding hydrogens is 398 g/mol.